The second kappa shape index (κ2) is 6.72. The highest BCUT2D eigenvalue weighted by atomic mass is 19.1. The predicted molar refractivity (Wildman–Crippen MR) is 103 cm³/mol. The zero-order valence-electron chi connectivity index (χ0n) is 16.6. The maximum absolute atomic E-state index is 14.3. The molecule has 0 aromatic heterocycles. The van der Waals surface area contributed by atoms with Crippen molar-refractivity contribution in [3.05, 3.63) is 35.1 Å². The van der Waals surface area contributed by atoms with Gasteiger partial charge in [-0.3, -0.25) is 9.59 Å². The summed E-state index contributed by atoms with van der Waals surface area (Å²) in [6, 6.07) is 5.50. The van der Waals surface area contributed by atoms with Gasteiger partial charge in [0.1, 0.15) is 11.6 Å². The molecule has 5 atom stereocenters. The van der Waals surface area contributed by atoms with Gasteiger partial charge in [-0.05, 0) is 73.0 Å². The largest absolute Gasteiger partial charge is 0.349 e. The summed E-state index contributed by atoms with van der Waals surface area (Å²) in [5.74, 6) is 1.86. The van der Waals surface area contributed by atoms with E-state index >= 15 is 0 Å². The third-order valence-corrected chi connectivity index (χ3v) is 7.79. The van der Waals surface area contributed by atoms with Gasteiger partial charge in [0, 0.05) is 32.4 Å². The van der Waals surface area contributed by atoms with E-state index in [1.54, 1.807) is 25.1 Å². The van der Waals surface area contributed by atoms with E-state index in [9.17, 15) is 14.0 Å². The summed E-state index contributed by atoms with van der Waals surface area (Å²) in [5, 5.41) is 0. The molecule has 146 valence electrons. The van der Waals surface area contributed by atoms with Gasteiger partial charge < -0.3 is 4.90 Å². The van der Waals surface area contributed by atoms with Crippen LogP contribution in [-0.2, 0) is 16.0 Å². The lowest BCUT2D eigenvalue weighted by Crippen LogP contribution is -2.44. The van der Waals surface area contributed by atoms with Crippen molar-refractivity contribution in [2.75, 3.05) is 14.1 Å². The lowest BCUT2D eigenvalue weighted by Gasteiger charge is -2.50. The molecule has 4 heteroatoms. The molecular weight excluding hydrogens is 341 g/mol. The van der Waals surface area contributed by atoms with Gasteiger partial charge in [0.15, 0.2) is 0 Å². The summed E-state index contributed by atoms with van der Waals surface area (Å²) in [5.41, 5.74) is 1.82. The Labute approximate surface area is 161 Å². The number of hydrogen-bond donors (Lipinski definition) is 0. The minimum Gasteiger partial charge on any atom is -0.349 e. The minimum atomic E-state index is -0.252. The number of ketones is 1. The van der Waals surface area contributed by atoms with Crippen molar-refractivity contribution in [1.29, 1.82) is 0 Å². The molecule has 4 rings (SSSR count). The topological polar surface area (TPSA) is 37.4 Å². The van der Waals surface area contributed by atoms with Crippen LogP contribution in [0.4, 0.5) is 4.39 Å². The summed E-state index contributed by atoms with van der Waals surface area (Å²) >= 11 is 0. The summed E-state index contributed by atoms with van der Waals surface area (Å²) in [6.07, 6.45) is 5.52. The lowest BCUT2D eigenvalue weighted by molar-refractivity contribution is -0.129. The highest BCUT2D eigenvalue weighted by Crippen LogP contribution is 2.62. The molecule has 27 heavy (non-hydrogen) atoms. The quantitative estimate of drug-likeness (QED) is 0.792. The molecule has 3 aliphatic carbocycles. The summed E-state index contributed by atoms with van der Waals surface area (Å²) < 4.78 is 14.3. The molecule has 0 spiro atoms. The molecule has 0 aliphatic heterocycles. The van der Waals surface area contributed by atoms with E-state index in [1.807, 2.05) is 6.07 Å². The molecule has 3 aliphatic rings. The first-order chi connectivity index (χ1) is 12.8. The molecule has 0 radical (unpaired) electrons. The lowest BCUT2D eigenvalue weighted by atomic mass is 9.54. The van der Waals surface area contributed by atoms with Crippen molar-refractivity contribution in [2.24, 2.45) is 23.2 Å². The van der Waals surface area contributed by atoms with Crippen molar-refractivity contribution < 1.29 is 14.0 Å². The second-order valence-electron chi connectivity index (χ2n) is 9.31. The highest BCUT2D eigenvalue weighted by molar-refractivity contribution is 5.88. The average molecular weight is 371 g/mol. The monoisotopic (exact) mass is 371 g/mol. The molecule has 2 saturated carbocycles. The number of carbonyl (C=O) groups is 2. The van der Waals surface area contributed by atoms with Gasteiger partial charge in [0.05, 0.1) is 0 Å². The number of nitrogens with zero attached hydrogens (tertiary/aromatic N) is 1. The number of halogens is 1. The van der Waals surface area contributed by atoms with E-state index in [-0.39, 0.29) is 23.1 Å². The van der Waals surface area contributed by atoms with Crippen LogP contribution in [-0.4, -0.2) is 30.7 Å². The fraction of sp³-hybridized carbons (Fsp3) is 0.652. The van der Waals surface area contributed by atoms with Crippen LogP contribution in [0.25, 0.3) is 0 Å². The molecule has 3 nitrogen and oxygen atoms in total. The maximum atomic E-state index is 14.3. The maximum Gasteiger partial charge on any atom is 0.222 e. The minimum absolute atomic E-state index is 0.0742. The van der Waals surface area contributed by atoms with Crippen LogP contribution >= 0.6 is 0 Å². The van der Waals surface area contributed by atoms with Gasteiger partial charge in [-0.15, -0.1) is 0 Å². The molecule has 0 bridgehead atoms. The fourth-order valence-corrected chi connectivity index (χ4v) is 6.43. The Hall–Kier alpha value is -1.71. The second-order valence-corrected chi connectivity index (χ2v) is 9.31. The number of rotatable bonds is 3. The number of amides is 1. The zero-order chi connectivity index (χ0) is 19.3. The van der Waals surface area contributed by atoms with Gasteiger partial charge in [-0.1, -0.05) is 19.1 Å². The molecule has 2 fully saturated rings. The van der Waals surface area contributed by atoms with E-state index in [2.05, 4.69) is 13.0 Å². The number of hydrogen-bond acceptors (Lipinski definition) is 2. The first-order valence-corrected chi connectivity index (χ1v) is 10.3. The van der Waals surface area contributed by atoms with Gasteiger partial charge in [0.25, 0.3) is 0 Å². The Morgan fingerprint density at radius 3 is 2.81 bits per heavy atom. The normalized spacial score (nSPS) is 34.6. The van der Waals surface area contributed by atoms with Crippen LogP contribution in [0.2, 0.25) is 0 Å². The third kappa shape index (κ3) is 2.92. The first-order valence-electron chi connectivity index (χ1n) is 10.3. The Morgan fingerprint density at radius 2 is 2.07 bits per heavy atom. The van der Waals surface area contributed by atoms with Crippen molar-refractivity contribution in [2.45, 2.75) is 57.8 Å². The molecule has 0 N–H and O–H groups in total. The van der Waals surface area contributed by atoms with Crippen molar-refractivity contribution in [3.8, 4) is 0 Å². The number of Topliss-reactive ketones (excluding diaryl/α,β-unsaturated/α-hetero) is 1. The van der Waals surface area contributed by atoms with Crippen LogP contribution in [0.5, 0.6) is 0 Å². The van der Waals surface area contributed by atoms with E-state index in [4.69, 9.17) is 0 Å². The molecule has 0 heterocycles. The smallest absolute Gasteiger partial charge is 0.222 e. The van der Waals surface area contributed by atoms with Crippen LogP contribution in [0.1, 0.15) is 62.5 Å². The van der Waals surface area contributed by atoms with Crippen molar-refractivity contribution in [3.63, 3.8) is 0 Å². The molecule has 1 aromatic rings. The van der Waals surface area contributed by atoms with Gasteiger partial charge in [-0.25, -0.2) is 4.39 Å². The molecule has 0 saturated heterocycles. The van der Waals surface area contributed by atoms with Crippen LogP contribution in [0, 0.1) is 29.0 Å². The first kappa shape index (κ1) is 18.6. The van der Waals surface area contributed by atoms with Gasteiger partial charge >= 0.3 is 0 Å². The number of carbonyl (C=O) groups excluding carboxylic acids is 2. The predicted octanol–water partition coefficient (Wildman–Crippen LogP) is 4.35. The van der Waals surface area contributed by atoms with Gasteiger partial charge in [-0.2, -0.15) is 0 Å². The van der Waals surface area contributed by atoms with E-state index in [0.717, 1.165) is 37.7 Å². The highest BCUT2D eigenvalue weighted by Gasteiger charge is 2.58. The SMILES string of the molecule is CN(C)C(=O)CC[C@@H]1CC(=O)[C@@]2(C)CCC3c4cccc(F)c4CCC3C12. The van der Waals surface area contributed by atoms with E-state index in [0.29, 0.717) is 36.4 Å². The fourth-order valence-electron chi connectivity index (χ4n) is 6.43. The Morgan fingerprint density at radius 1 is 1.30 bits per heavy atom. The summed E-state index contributed by atoms with van der Waals surface area (Å²) in [4.78, 5) is 26.7. The third-order valence-electron chi connectivity index (χ3n) is 7.79. The van der Waals surface area contributed by atoms with E-state index in [1.165, 1.54) is 5.56 Å². The number of benzene rings is 1. The number of fused-ring (bicyclic) bond motifs is 5. The van der Waals surface area contributed by atoms with Gasteiger partial charge in [0.2, 0.25) is 5.91 Å². The van der Waals surface area contributed by atoms with Crippen LogP contribution in [0.3, 0.4) is 0 Å². The summed E-state index contributed by atoms with van der Waals surface area (Å²) in [7, 11) is 3.57. The molecule has 3 unspecified atom stereocenters. The Bertz CT molecular complexity index is 774. The van der Waals surface area contributed by atoms with Crippen molar-refractivity contribution in [1.82, 2.24) is 4.90 Å². The van der Waals surface area contributed by atoms with Crippen molar-refractivity contribution >= 4 is 11.7 Å². The Kier molecular flexibility index (Phi) is 4.64. The molecule has 1 aromatic carbocycles. The van der Waals surface area contributed by atoms with E-state index < -0.39 is 0 Å². The zero-order valence-corrected chi connectivity index (χ0v) is 16.6. The Balaban J connectivity index is 1.63. The average Bonchev–Trinajstić information content (AvgIpc) is 2.90. The summed E-state index contributed by atoms with van der Waals surface area (Å²) in [6.45, 7) is 2.16. The molecule has 1 amide bonds. The standard InChI is InChI=1S/C23H30FNO2/c1-23-12-11-16-15-5-4-6-19(24)17(15)8-9-18(16)22(23)14(13-20(23)26)7-10-21(27)25(2)3/h4-6,14,16,18,22H,7-13H2,1-3H3/t14-,16?,18?,22?,23-/m1/s1. The van der Waals surface area contributed by atoms with Crippen LogP contribution < -0.4 is 0 Å². The van der Waals surface area contributed by atoms with Crippen LogP contribution in [0.15, 0.2) is 18.2 Å². The molecular formula is C23H30FNO2.